The fourth-order valence-corrected chi connectivity index (χ4v) is 5.05. The number of anilines is 1. The van der Waals surface area contributed by atoms with E-state index in [0.717, 1.165) is 64.7 Å². The molecule has 1 aliphatic carbocycles. The van der Waals surface area contributed by atoms with Crippen LogP contribution < -0.4 is 5.73 Å². The van der Waals surface area contributed by atoms with Crippen LogP contribution in [0.4, 0.5) is 5.82 Å². The van der Waals surface area contributed by atoms with Crippen LogP contribution in [0.5, 0.6) is 0 Å². The lowest BCUT2D eigenvalue weighted by atomic mass is 10.1. The maximum Gasteiger partial charge on any atom is 0.165 e. The normalized spacial score (nSPS) is 14.9. The Bertz CT molecular complexity index is 1540. The van der Waals surface area contributed by atoms with E-state index in [1.807, 2.05) is 28.9 Å². The van der Waals surface area contributed by atoms with Crippen LogP contribution in [0.15, 0.2) is 54.7 Å². The molecule has 0 radical (unpaired) electrons. The highest BCUT2D eigenvalue weighted by Crippen LogP contribution is 2.33. The lowest BCUT2D eigenvalue weighted by Gasteiger charge is -2.13. The van der Waals surface area contributed by atoms with Crippen molar-refractivity contribution in [1.29, 1.82) is 0 Å². The molecular formula is C26H23N7O. The van der Waals surface area contributed by atoms with Gasteiger partial charge in [-0.15, -0.1) is 0 Å². The molecule has 5 heterocycles. The first-order chi connectivity index (χ1) is 16.7. The Balaban J connectivity index is 1.46. The average Bonchev–Trinajstić information content (AvgIpc) is 3.59. The third-order valence-corrected chi connectivity index (χ3v) is 6.75. The van der Waals surface area contributed by atoms with Gasteiger partial charge in [-0.1, -0.05) is 6.07 Å². The van der Waals surface area contributed by atoms with Crippen molar-refractivity contribution in [3.8, 4) is 28.5 Å². The van der Waals surface area contributed by atoms with Crippen LogP contribution >= 0.6 is 0 Å². The minimum absolute atomic E-state index is 0.446. The van der Waals surface area contributed by atoms with Crippen LogP contribution in [0.3, 0.4) is 0 Å². The quantitative estimate of drug-likeness (QED) is 0.448. The second-order valence-corrected chi connectivity index (χ2v) is 8.85. The minimum Gasteiger partial charge on any atom is -0.383 e. The summed E-state index contributed by atoms with van der Waals surface area (Å²) in [6.07, 6.45) is 5.13. The smallest absolute Gasteiger partial charge is 0.165 e. The van der Waals surface area contributed by atoms with E-state index in [9.17, 15) is 0 Å². The van der Waals surface area contributed by atoms with Gasteiger partial charge in [-0.2, -0.15) is 5.10 Å². The Morgan fingerprint density at radius 3 is 2.79 bits per heavy atom. The Morgan fingerprint density at radius 1 is 0.941 bits per heavy atom. The molecule has 34 heavy (non-hydrogen) atoms. The molecule has 5 aromatic rings. The van der Waals surface area contributed by atoms with E-state index in [2.05, 4.69) is 33.8 Å². The predicted octanol–water partition coefficient (Wildman–Crippen LogP) is 3.95. The van der Waals surface area contributed by atoms with Crippen LogP contribution in [-0.4, -0.2) is 35.9 Å². The number of pyridine rings is 2. The standard InChI is InChI=1S/C26H23N7O/c27-24-20(5-2-10-28-24)25-30-22-9-8-21(23-14-19-15-34-12-11-32(19)31-23)29-26(22)33(25)18-7-6-16-3-1-4-17(16)13-18/h2,5-10,13-14H,1,3-4,11-12,15H2,(H2,27,28). The van der Waals surface area contributed by atoms with Crippen LogP contribution in [-0.2, 0) is 30.7 Å². The van der Waals surface area contributed by atoms with Gasteiger partial charge in [0.2, 0.25) is 0 Å². The van der Waals surface area contributed by atoms with Crippen molar-refractivity contribution in [2.24, 2.45) is 0 Å². The van der Waals surface area contributed by atoms with Crippen LogP contribution in [0.25, 0.3) is 39.6 Å². The zero-order valence-electron chi connectivity index (χ0n) is 18.6. The Kier molecular flexibility index (Phi) is 4.28. The van der Waals surface area contributed by atoms with Gasteiger partial charge in [-0.25, -0.2) is 15.0 Å². The second-order valence-electron chi connectivity index (χ2n) is 8.85. The van der Waals surface area contributed by atoms with Crippen molar-refractivity contribution >= 4 is 17.0 Å². The van der Waals surface area contributed by atoms with E-state index in [0.29, 0.717) is 19.0 Å². The number of nitrogens with two attached hydrogens (primary N) is 1. The zero-order valence-corrected chi connectivity index (χ0v) is 18.6. The summed E-state index contributed by atoms with van der Waals surface area (Å²) in [5.41, 5.74) is 15.2. The number of benzene rings is 1. The molecule has 0 bridgehead atoms. The van der Waals surface area contributed by atoms with Gasteiger partial charge < -0.3 is 10.5 Å². The van der Waals surface area contributed by atoms with Crippen molar-refractivity contribution in [3.05, 3.63) is 71.5 Å². The van der Waals surface area contributed by atoms with Gasteiger partial charge in [0.05, 0.1) is 36.7 Å². The fourth-order valence-electron chi connectivity index (χ4n) is 5.05. The molecule has 0 fully saturated rings. The largest absolute Gasteiger partial charge is 0.383 e. The number of nitrogen functional groups attached to an aromatic ring is 1. The molecule has 2 aliphatic rings. The van der Waals surface area contributed by atoms with Gasteiger partial charge in [-0.3, -0.25) is 9.25 Å². The highest BCUT2D eigenvalue weighted by molar-refractivity contribution is 5.84. The minimum atomic E-state index is 0.446. The summed E-state index contributed by atoms with van der Waals surface area (Å²) in [5.74, 6) is 1.18. The number of ether oxygens (including phenoxy) is 1. The molecule has 7 rings (SSSR count). The van der Waals surface area contributed by atoms with E-state index in [4.69, 9.17) is 25.5 Å². The number of nitrogens with zero attached hydrogens (tertiary/aromatic N) is 6. The van der Waals surface area contributed by atoms with Gasteiger partial charge in [0.15, 0.2) is 11.5 Å². The van der Waals surface area contributed by atoms with Crippen LogP contribution in [0, 0.1) is 0 Å². The van der Waals surface area contributed by atoms with Crippen molar-refractivity contribution in [2.45, 2.75) is 32.4 Å². The average molecular weight is 450 g/mol. The first-order valence-corrected chi connectivity index (χ1v) is 11.6. The maximum absolute atomic E-state index is 6.28. The predicted molar refractivity (Wildman–Crippen MR) is 129 cm³/mol. The van der Waals surface area contributed by atoms with Crippen molar-refractivity contribution in [2.75, 3.05) is 12.3 Å². The van der Waals surface area contributed by atoms with E-state index in [-0.39, 0.29) is 0 Å². The van der Waals surface area contributed by atoms with Gasteiger partial charge in [0.25, 0.3) is 0 Å². The second kappa shape index (κ2) is 7.50. The molecule has 2 N–H and O–H groups in total. The Morgan fingerprint density at radius 2 is 1.88 bits per heavy atom. The Hall–Kier alpha value is -4.04. The number of imidazole rings is 1. The van der Waals surface area contributed by atoms with Gasteiger partial charge in [0, 0.05) is 11.9 Å². The number of aromatic nitrogens is 6. The fraction of sp³-hybridized carbons (Fsp3) is 0.231. The number of rotatable bonds is 3. The SMILES string of the molecule is Nc1ncccc1-c1nc2ccc(-c3cc4n(n3)CCOC4)nc2n1-c1ccc2c(c1)CCC2. The van der Waals surface area contributed by atoms with Gasteiger partial charge in [-0.05, 0) is 72.9 Å². The topological polar surface area (TPSA) is 96.7 Å². The molecule has 1 aromatic carbocycles. The third kappa shape index (κ3) is 3.03. The number of hydrogen-bond acceptors (Lipinski definition) is 6. The van der Waals surface area contributed by atoms with Crippen molar-refractivity contribution in [3.63, 3.8) is 0 Å². The van der Waals surface area contributed by atoms with Gasteiger partial charge in [0.1, 0.15) is 17.0 Å². The molecule has 0 spiro atoms. The summed E-state index contributed by atoms with van der Waals surface area (Å²) in [5, 5.41) is 4.77. The molecule has 8 nitrogen and oxygen atoms in total. The van der Waals surface area contributed by atoms with Crippen LogP contribution in [0.1, 0.15) is 23.2 Å². The summed E-state index contributed by atoms with van der Waals surface area (Å²) < 4.78 is 9.68. The molecule has 0 atom stereocenters. The van der Waals surface area contributed by atoms with E-state index >= 15 is 0 Å². The van der Waals surface area contributed by atoms with E-state index in [1.165, 1.54) is 17.5 Å². The monoisotopic (exact) mass is 449 g/mol. The lowest BCUT2D eigenvalue weighted by molar-refractivity contribution is 0.0801. The summed E-state index contributed by atoms with van der Waals surface area (Å²) in [6, 6.07) is 16.5. The van der Waals surface area contributed by atoms with Crippen molar-refractivity contribution < 1.29 is 4.74 Å². The summed E-state index contributed by atoms with van der Waals surface area (Å²) in [7, 11) is 0. The number of aryl methyl sites for hydroxylation is 2. The first kappa shape index (κ1) is 19.4. The molecular weight excluding hydrogens is 426 g/mol. The van der Waals surface area contributed by atoms with Gasteiger partial charge >= 0.3 is 0 Å². The number of fused-ring (bicyclic) bond motifs is 3. The molecule has 4 aromatic heterocycles. The molecule has 0 amide bonds. The van der Waals surface area contributed by atoms with Crippen molar-refractivity contribution in [1.82, 2.24) is 29.3 Å². The summed E-state index contributed by atoms with van der Waals surface area (Å²) >= 11 is 0. The molecule has 0 saturated heterocycles. The zero-order chi connectivity index (χ0) is 22.6. The van der Waals surface area contributed by atoms with E-state index < -0.39 is 0 Å². The molecule has 168 valence electrons. The van der Waals surface area contributed by atoms with Crippen LogP contribution in [0.2, 0.25) is 0 Å². The molecule has 8 heteroatoms. The summed E-state index contributed by atoms with van der Waals surface area (Å²) in [6.45, 7) is 2.02. The highest BCUT2D eigenvalue weighted by Gasteiger charge is 2.21. The van der Waals surface area contributed by atoms with E-state index in [1.54, 1.807) is 6.20 Å². The number of hydrogen-bond donors (Lipinski definition) is 1. The highest BCUT2D eigenvalue weighted by atomic mass is 16.5. The molecule has 1 aliphatic heterocycles. The first-order valence-electron chi connectivity index (χ1n) is 11.6. The molecule has 0 unspecified atom stereocenters. The maximum atomic E-state index is 6.28. The lowest BCUT2D eigenvalue weighted by Crippen LogP contribution is -2.16. The molecule has 0 saturated carbocycles. The Labute approximate surface area is 196 Å². The third-order valence-electron chi connectivity index (χ3n) is 6.75. The summed E-state index contributed by atoms with van der Waals surface area (Å²) in [4.78, 5) is 14.3.